The van der Waals surface area contributed by atoms with Crippen LogP contribution in [-0.4, -0.2) is 19.5 Å². The van der Waals surface area contributed by atoms with E-state index in [1.165, 1.54) is 24.7 Å². The molecule has 3 heterocycles. The molecule has 4 rings (SSSR count). The van der Waals surface area contributed by atoms with E-state index in [-0.39, 0.29) is 11.4 Å². The summed E-state index contributed by atoms with van der Waals surface area (Å²) in [6.45, 7) is 0. The van der Waals surface area contributed by atoms with E-state index in [0.29, 0.717) is 22.6 Å². The molecular weight excluding hydrogens is 331 g/mol. The lowest BCUT2D eigenvalue weighted by Crippen LogP contribution is -1.96. The maximum absolute atomic E-state index is 14.1. The Hall–Kier alpha value is -3.75. The Morgan fingerprint density at radius 3 is 2.84 bits per heavy atom. The lowest BCUT2D eigenvalue weighted by atomic mass is 10.2. The summed E-state index contributed by atoms with van der Waals surface area (Å²) in [5.74, 6) is -0.161. The molecule has 1 aromatic carbocycles. The number of aromatic nitrogens is 3. The maximum Gasteiger partial charge on any atom is 0.272 e. The van der Waals surface area contributed by atoms with E-state index in [1.807, 2.05) is 0 Å². The number of nitrogens with zero attached hydrogens (tertiary/aromatic N) is 4. The molecule has 0 unspecified atom stereocenters. The van der Waals surface area contributed by atoms with Crippen molar-refractivity contribution in [3.05, 3.63) is 71.2 Å². The van der Waals surface area contributed by atoms with Gasteiger partial charge in [0, 0.05) is 17.8 Å². The van der Waals surface area contributed by atoms with E-state index in [4.69, 9.17) is 9.15 Å². The van der Waals surface area contributed by atoms with Crippen molar-refractivity contribution in [2.24, 2.45) is 0 Å². The van der Waals surface area contributed by atoms with Crippen LogP contribution >= 0.6 is 0 Å². The number of benzene rings is 1. The first-order valence-electron chi connectivity index (χ1n) is 7.10. The second kappa shape index (κ2) is 5.71. The number of halogens is 1. The van der Waals surface area contributed by atoms with E-state index < -0.39 is 10.7 Å². The van der Waals surface area contributed by atoms with Crippen molar-refractivity contribution in [3.8, 4) is 22.8 Å². The molecule has 9 heteroatoms. The van der Waals surface area contributed by atoms with Crippen LogP contribution in [0.1, 0.15) is 0 Å². The van der Waals surface area contributed by atoms with Crippen LogP contribution in [0.3, 0.4) is 0 Å². The lowest BCUT2D eigenvalue weighted by molar-refractivity contribution is -0.385. The van der Waals surface area contributed by atoms with Gasteiger partial charge in [-0.15, -0.1) is 0 Å². The number of hydrogen-bond donors (Lipinski definition) is 0. The standard InChI is InChI=1S/C16H9FN4O4/c17-12-6-11(21(22)23)1-2-14(12)25-15-5-10(16-7-18-9-24-16)8-20-13(15)3-4-19-20/h1-9H. The Kier molecular flexibility index (Phi) is 3.38. The van der Waals surface area contributed by atoms with Crippen molar-refractivity contribution >= 4 is 11.2 Å². The first-order chi connectivity index (χ1) is 12.1. The summed E-state index contributed by atoms with van der Waals surface area (Å²) >= 11 is 0. The molecule has 0 N–H and O–H groups in total. The molecule has 8 nitrogen and oxygen atoms in total. The summed E-state index contributed by atoms with van der Waals surface area (Å²) in [5, 5.41) is 14.9. The molecule has 0 fully saturated rings. The fraction of sp³-hybridized carbons (Fsp3) is 0. The molecule has 4 aromatic rings. The zero-order valence-corrected chi connectivity index (χ0v) is 12.5. The normalized spacial score (nSPS) is 10.9. The van der Waals surface area contributed by atoms with Crippen molar-refractivity contribution in [1.29, 1.82) is 0 Å². The van der Waals surface area contributed by atoms with E-state index >= 15 is 0 Å². The Morgan fingerprint density at radius 1 is 1.24 bits per heavy atom. The van der Waals surface area contributed by atoms with Gasteiger partial charge >= 0.3 is 0 Å². The Labute approximate surface area is 139 Å². The van der Waals surface area contributed by atoms with Crippen molar-refractivity contribution in [3.63, 3.8) is 0 Å². The molecule has 0 atom stereocenters. The Bertz CT molecular complexity index is 1080. The van der Waals surface area contributed by atoms with Gasteiger partial charge in [-0.2, -0.15) is 5.10 Å². The SMILES string of the molecule is O=[N+]([O-])c1ccc(Oc2cc(-c3cnco3)cn3nccc23)c(F)c1. The van der Waals surface area contributed by atoms with Crippen LogP contribution in [-0.2, 0) is 0 Å². The van der Waals surface area contributed by atoms with Crippen LogP contribution in [0.15, 0.2) is 59.7 Å². The first-order valence-corrected chi connectivity index (χ1v) is 7.10. The van der Waals surface area contributed by atoms with Crippen molar-refractivity contribution in [1.82, 2.24) is 14.6 Å². The number of nitro groups is 1. The number of rotatable bonds is 4. The van der Waals surface area contributed by atoms with Gasteiger partial charge in [0.15, 0.2) is 29.5 Å². The minimum absolute atomic E-state index is 0.136. The molecule has 0 amide bonds. The van der Waals surface area contributed by atoms with Gasteiger partial charge in [0.05, 0.1) is 23.4 Å². The van der Waals surface area contributed by atoms with Crippen LogP contribution in [0.2, 0.25) is 0 Å². The fourth-order valence-electron chi connectivity index (χ4n) is 2.38. The Balaban J connectivity index is 1.79. The molecule has 0 saturated heterocycles. The topological polar surface area (TPSA) is 95.7 Å². The second-order valence-corrected chi connectivity index (χ2v) is 5.09. The van der Waals surface area contributed by atoms with Crippen molar-refractivity contribution < 1.29 is 18.5 Å². The predicted molar refractivity (Wildman–Crippen MR) is 83.8 cm³/mol. The molecular formula is C16H9FN4O4. The zero-order chi connectivity index (χ0) is 17.4. The summed E-state index contributed by atoms with van der Waals surface area (Å²) in [7, 11) is 0. The van der Waals surface area contributed by atoms with Gasteiger partial charge in [0.2, 0.25) is 0 Å². The highest BCUT2D eigenvalue weighted by Gasteiger charge is 2.15. The van der Waals surface area contributed by atoms with Crippen LogP contribution in [0, 0.1) is 15.9 Å². The monoisotopic (exact) mass is 340 g/mol. The third-order valence-electron chi connectivity index (χ3n) is 3.53. The smallest absolute Gasteiger partial charge is 0.272 e. The number of ether oxygens (including phenoxy) is 1. The highest BCUT2D eigenvalue weighted by atomic mass is 19.1. The minimum atomic E-state index is -0.836. The third-order valence-corrected chi connectivity index (χ3v) is 3.53. The van der Waals surface area contributed by atoms with Gasteiger partial charge in [0.1, 0.15) is 5.52 Å². The minimum Gasteiger partial charge on any atom is -0.452 e. The molecule has 0 bridgehead atoms. The molecule has 0 aliphatic heterocycles. The summed E-state index contributed by atoms with van der Waals surface area (Å²) in [5.41, 5.74) is 0.877. The molecule has 0 aliphatic carbocycles. The first kappa shape index (κ1) is 14.8. The number of nitro benzene ring substituents is 1. The second-order valence-electron chi connectivity index (χ2n) is 5.09. The van der Waals surface area contributed by atoms with Crippen molar-refractivity contribution in [2.45, 2.75) is 0 Å². The van der Waals surface area contributed by atoms with Gasteiger partial charge in [-0.3, -0.25) is 10.1 Å². The number of hydrogen-bond acceptors (Lipinski definition) is 6. The van der Waals surface area contributed by atoms with E-state index in [9.17, 15) is 14.5 Å². The van der Waals surface area contributed by atoms with Gasteiger partial charge in [-0.25, -0.2) is 13.9 Å². The summed E-state index contributed by atoms with van der Waals surface area (Å²) in [6.07, 6.45) is 6.10. The molecule has 3 aromatic heterocycles. The summed E-state index contributed by atoms with van der Waals surface area (Å²) in [6, 6.07) is 6.54. The Morgan fingerprint density at radius 2 is 2.12 bits per heavy atom. The van der Waals surface area contributed by atoms with Crippen molar-refractivity contribution in [2.75, 3.05) is 0 Å². The van der Waals surface area contributed by atoms with Gasteiger partial charge in [-0.1, -0.05) is 0 Å². The molecule has 0 radical (unpaired) electrons. The quantitative estimate of drug-likeness (QED) is 0.414. The highest BCUT2D eigenvalue weighted by molar-refractivity contribution is 5.68. The van der Waals surface area contributed by atoms with E-state index in [1.54, 1.807) is 29.0 Å². The molecule has 0 aliphatic rings. The number of pyridine rings is 1. The van der Waals surface area contributed by atoms with Crippen LogP contribution < -0.4 is 4.74 Å². The van der Waals surface area contributed by atoms with Crippen LogP contribution in [0.4, 0.5) is 10.1 Å². The van der Waals surface area contributed by atoms with Gasteiger partial charge in [0.25, 0.3) is 5.69 Å². The molecule has 0 saturated carbocycles. The molecule has 25 heavy (non-hydrogen) atoms. The lowest BCUT2D eigenvalue weighted by Gasteiger charge is -2.10. The fourth-order valence-corrected chi connectivity index (χ4v) is 2.38. The van der Waals surface area contributed by atoms with E-state index in [2.05, 4.69) is 10.1 Å². The van der Waals surface area contributed by atoms with Gasteiger partial charge < -0.3 is 9.15 Å². The average molecular weight is 340 g/mol. The maximum atomic E-state index is 14.1. The predicted octanol–water partition coefficient (Wildman–Crippen LogP) is 3.83. The van der Waals surface area contributed by atoms with Crippen LogP contribution in [0.25, 0.3) is 16.8 Å². The summed E-state index contributed by atoms with van der Waals surface area (Å²) < 4.78 is 26.6. The molecule has 124 valence electrons. The van der Waals surface area contributed by atoms with Gasteiger partial charge in [-0.05, 0) is 18.2 Å². The summed E-state index contributed by atoms with van der Waals surface area (Å²) in [4.78, 5) is 13.9. The average Bonchev–Trinajstić information content (AvgIpc) is 3.27. The zero-order valence-electron chi connectivity index (χ0n) is 12.5. The largest absolute Gasteiger partial charge is 0.452 e. The highest BCUT2D eigenvalue weighted by Crippen LogP contribution is 2.33. The van der Waals surface area contributed by atoms with E-state index in [0.717, 1.165) is 6.07 Å². The van der Waals surface area contributed by atoms with Crippen LogP contribution in [0.5, 0.6) is 11.5 Å². The number of non-ortho nitro benzene ring substituents is 1. The molecule has 0 spiro atoms. The third kappa shape index (κ3) is 2.67. The number of oxazole rings is 1. The number of fused-ring (bicyclic) bond motifs is 1.